The third kappa shape index (κ3) is 4.57. The molecule has 2 saturated heterocycles. The van der Waals surface area contributed by atoms with Crippen molar-refractivity contribution in [1.82, 2.24) is 15.1 Å². The van der Waals surface area contributed by atoms with Gasteiger partial charge in [0.1, 0.15) is 0 Å². The van der Waals surface area contributed by atoms with Crippen molar-refractivity contribution in [2.45, 2.75) is 45.4 Å². The average molecular weight is 357 g/mol. The molecule has 1 spiro atoms. The van der Waals surface area contributed by atoms with E-state index in [-0.39, 0.29) is 11.4 Å². The number of nitrogens with zero attached hydrogens (tertiary/aromatic N) is 2. The van der Waals surface area contributed by atoms with Gasteiger partial charge in [-0.15, -0.1) is 0 Å². The molecule has 0 aliphatic carbocycles. The summed E-state index contributed by atoms with van der Waals surface area (Å²) in [6.07, 6.45) is 5.51. The molecule has 2 aliphatic heterocycles. The van der Waals surface area contributed by atoms with E-state index in [1.807, 2.05) is 11.0 Å². The lowest BCUT2D eigenvalue weighted by Crippen LogP contribution is -2.48. The van der Waals surface area contributed by atoms with Gasteiger partial charge in [-0.3, -0.25) is 4.79 Å². The van der Waals surface area contributed by atoms with Gasteiger partial charge in [-0.05, 0) is 37.7 Å². The first kappa shape index (κ1) is 18.7. The summed E-state index contributed by atoms with van der Waals surface area (Å²) in [5.41, 5.74) is 1.42. The van der Waals surface area contributed by atoms with Crippen molar-refractivity contribution in [1.29, 1.82) is 0 Å². The summed E-state index contributed by atoms with van der Waals surface area (Å²) < 4.78 is 0. The summed E-state index contributed by atoms with van der Waals surface area (Å²) in [6, 6.07) is 10.5. The molecule has 3 rings (SSSR count). The number of nitrogens with one attached hydrogen (secondary N) is 1. The first-order valence-electron chi connectivity index (χ1n) is 9.96. The number of carbonyl (C=O) groups excluding carboxylic acids is 2. The Morgan fingerprint density at radius 3 is 2.62 bits per heavy atom. The third-order valence-corrected chi connectivity index (χ3v) is 5.78. The molecule has 0 atom stereocenters. The maximum absolute atomic E-state index is 12.5. The minimum Gasteiger partial charge on any atom is -0.342 e. The van der Waals surface area contributed by atoms with Gasteiger partial charge in [0.25, 0.3) is 0 Å². The van der Waals surface area contributed by atoms with Gasteiger partial charge >= 0.3 is 6.03 Å². The standard InChI is InChI=1S/C21H31N3O2/c1-2-12-22-20(26)23-14-10-21(11-15-23)16-19(25)24(17-21)13-6-9-18-7-4-3-5-8-18/h3-5,7-8H,2,6,9-17H2,1H3,(H,22,26). The first-order chi connectivity index (χ1) is 12.6. The van der Waals surface area contributed by atoms with E-state index in [0.717, 1.165) is 64.8 Å². The molecule has 0 radical (unpaired) electrons. The highest BCUT2D eigenvalue weighted by molar-refractivity contribution is 5.79. The van der Waals surface area contributed by atoms with Gasteiger partial charge in [0.15, 0.2) is 0 Å². The molecular weight excluding hydrogens is 326 g/mol. The van der Waals surface area contributed by atoms with E-state index in [0.29, 0.717) is 12.3 Å². The minimum atomic E-state index is 0.0470. The number of benzene rings is 1. The first-order valence-corrected chi connectivity index (χ1v) is 9.96. The Bertz CT molecular complexity index is 609. The van der Waals surface area contributed by atoms with Crippen LogP contribution in [0.4, 0.5) is 4.79 Å². The van der Waals surface area contributed by atoms with E-state index >= 15 is 0 Å². The number of likely N-dealkylation sites (tertiary alicyclic amines) is 2. The van der Waals surface area contributed by atoms with Crippen LogP contribution in [-0.2, 0) is 11.2 Å². The second-order valence-corrected chi connectivity index (χ2v) is 7.80. The summed E-state index contributed by atoms with van der Waals surface area (Å²) in [4.78, 5) is 28.5. The van der Waals surface area contributed by atoms with Gasteiger partial charge in [-0.25, -0.2) is 4.79 Å². The molecule has 0 unspecified atom stereocenters. The van der Waals surface area contributed by atoms with Crippen LogP contribution in [0.5, 0.6) is 0 Å². The number of piperidine rings is 1. The Morgan fingerprint density at radius 2 is 1.92 bits per heavy atom. The predicted molar refractivity (Wildman–Crippen MR) is 103 cm³/mol. The van der Waals surface area contributed by atoms with E-state index in [9.17, 15) is 9.59 Å². The molecule has 3 amide bonds. The molecule has 26 heavy (non-hydrogen) atoms. The van der Waals surface area contributed by atoms with Crippen LogP contribution >= 0.6 is 0 Å². The summed E-state index contributed by atoms with van der Waals surface area (Å²) in [5, 5.41) is 2.95. The van der Waals surface area contributed by atoms with Crippen molar-refractivity contribution in [3.05, 3.63) is 35.9 Å². The summed E-state index contributed by atoms with van der Waals surface area (Å²) in [7, 11) is 0. The predicted octanol–water partition coefficient (Wildman–Crippen LogP) is 3.05. The van der Waals surface area contributed by atoms with E-state index in [1.165, 1.54) is 5.56 Å². The number of amides is 3. The molecule has 1 aromatic rings. The van der Waals surface area contributed by atoms with Gasteiger partial charge < -0.3 is 15.1 Å². The maximum atomic E-state index is 12.5. The Hall–Kier alpha value is -2.04. The van der Waals surface area contributed by atoms with Gasteiger partial charge in [0.2, 0.25) is 5.91 Å². The van der Waals surface area contributed by atoms with Crippen molar-refractivity contribution >= 4 is 11.9 Å². The number of hydrogen-bond donors (Lipinski definition) is 1. The lowest BCUT2D eigenvalue weighted by molar-refractivity contribution is -0.127. The van der Waals surface area contributed by atoms with Crippen LogP contribution < -0.4 is 5.32 Å². The Balaban J connectivity index is 1.45. The lowest BCUT2D eigenvalue weighted by Gasteiger charge is -2.38. The molecular formula is C21H31N3O2. The number of rotatable bonds is 6. The van der Waals surface area contributed by atoms with E-state index < -0.39 is 0 Å². The Kier molecular flexibility index (Phi) is 6.17. The molecule has 1 N–H and O–H groups in total. The van der Waals surface area contributed by atoms with E-state index in [2.05, 4.69) is 41.4 Å². The van der Waals surface area contributed by atoms with Crippen LogP contribution in [0.1, 0.15) is 44.6 Å². The zero-order valence-electron chi connectivity index (χ0n) is 15.9. The molecule has 0 bridgehead atoms. The Labute approximate surface area is 156 Å². The average Bonchev–Trinajstić information content (AvgIpc) is 2.96. The van der Waals surface area contributed by atoms with E-state index in [4.69, 9.17) is 0 Å². The maximum Gasteiger partial charge on any atom is 0.317 e. The van der Waals surface area contributed by atoms with Crippen LogP contribution in [-0.4, -0.2) is 54.5 Å². The van der Waals surface area contributed by atoms with Crippen molar-refractivity contribution in [3.63, 3.8) is 0 Å². The highest BCUT2D eigenvalue weighted by atomic mass is 16.2. The SMILES string of the molecule is CCCNC(=O)N1CCC2(CC1)CC(=O)N(CCCc1ccccc1)C2. The van der Waals surface area contributed by atoms with Crippen LogP contribution in [0.2, 0.25) is 0 Å². The van der Waals surface area contributed by atoms with Crippen LogP contribution in [0, 0.1) is 5.41 Å². The van der Waals surface area contributed by atoms with Crippen LogP contribution in [0.15, 0.2) is 30.3 Å². The van der Waals surface area contributed by atoms with Gasteiger partial charge in [0.05, 0.1) is 0 Å². The summed E-state index contributed by atoms with van der Waals surface area (Å²) in [5.74, 6) is 0.293. The molecule has 0 saturated carbocycles. The second kappa shape index (κ2) is 8.56. The van der Waals surface area contributed by atoms with Crippen molar-refractivity contribution in [3.8, 4) is 0 Å². The monoisotopic (exact) mass is 357 g/mol. The van der Waals surface area contributed by atoms with Crippen molar-refractivity contribution < 1.29 is 9.59 Å². The number of aryl methyl sites for hydroxylation is 1. The number of carbonyl (C=O) groups is 2. The molecule has 1 aromatic carbocycles. The fourth-order valence-electron chi connectivity index (χ4n) is 4.17. The molecule has 5 nitrogen and oxygen atoms in total. The Morgan fingerprint density at radius 1 is 1.19 bits per heavy atom. The highest BCUT2D eigenvalue weighted by Gasteiger charge is 2.45. The summed E-state index contributed by atoms with van der Waals surface area (Å²) in [6.45, 7) is 6.03. The molecule has 5 heteroatoms. The van der Waals surface area contributed by atoms with Crippen molar-refractivity contribution in [2.75, 3.05) is 32.7 Å². The largest absolute Gasteiger partial charge is 0.342 e. The second-order valence-electron chi connectivity index (χ2n) is 7.80. The zero-order valence-corrected chi connectivity index (χ0v) is 15.9. The van der Waals surface area contributed by atoms with Gasteiger partial charge in [-0.1, -0.05) is 37.3 Å². The van der Waals surface area contributed by atoms with Gasteiger partial charge in [0, 0.05) is 44.6 Å². The van der Waals surface area contributed by atoms with Gasteiger partial charge in [-0.2, -0.15) is 0 Å². The summed E-state index contributed by atoms with van der Waals surface area (Å²) >= 11 is 0. The number of urea groups is 1. The minimum absolute atomic E-state index is 0.0470. The smallest absolute Gasteiger partial charge is 0.317 e. The van der Waals surface area contributed by atoms with Crippen LogP contribution in [0.3, 0.4) is 0 Å². The molecule has 2 aliphatic rings. The van der Waals surface area contributed by atoms with Crippen LogP contribution in [0.25, 0.3) is 0 Å². The highest BCUT2D eigenvalue weighted by Crippen LogP contribution is 2.41. The quantitative estimate of drug-likeness (QED) is 0.851. The fourth-order valence-corrected chi connectivity index (χ4v) is 4.17. The number of hydrogen-bond acceptors (Lipinski definition) is 2. The molecule has 2 fully saturated rings. The topological polar surface area (TPSA) is 52.7 Å². The normalized spacial score (nSPS) is 19.2. The lowest BCUT2D eigenvalue weighted by atomic mass is 9.77. The molecule has 2 heterocycles. The third-order valence-electron chi connectivity index (χ3n) is 5.78. The van der Waals surface area contributed by atoms with E-state index in [1.54, 1.807) is 0 Å². The molecule has 142 valence electrons. The van der Waals surface area contributed by atoms with Crippen molar-refractivity contribution in [2.24, 2.45) is 5.41 Å². The molecule has 0 aromatic heterocycles. The zero-order chi connectivity index (χ0) is 18.4. The fraction of sp³-hybridized carbons (Fsp3) is 0.619.